The summed E-state index contributed by atoms with van der Waals surface area (Å²) in [6.07, 6.45) is 0.222. The van der Waals surface area contributed by atoms with E-state index in [9.17, 15) is 9.59 Å². The Morgan fingerprint density at radius 3 is 2.62 bits per heavy atom. The Labute approximate surface area is 146 Å². The normalized spacial score (nSPS) is 17.2. The quantitative estimate of drug-likeness (QED) is 0.918. The molecule has 24 heavy (non-hydrogen) atoms. The zero-order chi connectivity index (χ0) is 17.3. The number of carbonyl (C=O) groups is 2. The van der Waals surface area contributed by atoms with Gasteiger partial charge < -0.3 is 10.2 Å². The van der Waals surface area contributed by atoms with Crippen molar-refractivity contribution in [1.29, 1.82) is 0 Å². The Morgan fingerprint density at radius 2 is 1.92 bits per heavy atom. The summed E-state index contributed by atoms with van der Waals surface area (Å²) in [5, 5.41) is 3.47. The van der Waals surface area contributed by atoms with E-state index in [0.29, 0.717) is 17.3 Å². The standard InChI is InChI=1S/C19H19ClN2O2/c1-12-7-8-15(10-16(12)20)21-19(24)14-9-18(23)22(11-14)17-6-4-3-5-13(17)2/h3-8,10,14H,9,11H2,1-2H3,(H,21,24). The van der Waals surface area contributed by atoms with E-state index in [0.717, 1.165) is 16.8 Å². The lowest BCUT2D eigenvalue weighted by Gasteiger charge is -2.19. The molecule has 2 aromatic carbocycles. The van der Waals surface area contributed by atoms with E-state index in [1.807, 2.05) is 50.2 Å². The molecule has 4 nitrogen and oxygen atoms in total. The predicted octanol–water partition coefficient (Wildman–Crippen LogP) is 3.95. The molecule has 0 radical (unpaired) electrons. The smallest absolute Gasteiger partial charge is 0.229 e. The molecule has 1 heterocycles. The van der Waals surface area contributed by atoms with Gasteiger partial charge in [0.1, 0.15) is 0 Å². The van der Waals surface area contributed by atoms with Crippen molar-refractivity contribution in [2.75, 3.05) is 16.8 Å². The van der Waals surface area contributed by atoms with Crippen LogP contribution in [0.1, 0.15) is 17.5 Å². The Kier molecular flexibility index (Phi) is 4.58. The van der Waals surface area contributed by atoms with E-state index < -0.39 is 0 Å². The van der Waals surface area contributed by atoms with Crippen LogP contribution in [0.15, 0.2) is 42.5 Å². The summed E-state index contributed by atoms with van der Waals surface area (Å²) in [6.45, 7) is 4.27. The molecule has 1 aliphatic heterocycles. The SMILES string of the molecule is Cc1ccc(NC(=O)C2CC(=O)N(c3ccccc3C)C2)cc1Cl. The van der Waals surface area contributed by atoms with Gasteiger partial charge >= 0.3 is 0 Å². The van der Waals surface area contributed by atoms with E-state index >= 15 is 0 Å². The number of carbonyl (C=O) groups excluding carboxylic acids is 2. The molecule has 1 aliphatic rings. The number of hydrogen-bond donors (Lipinski definition) is 1. The molecular formula is C19H19ClN2O2. The second kappa shape index (κ2) is 6.65. The van der Waals surface area contributed by atoms with Gasteiger partial charge in [0.2, 0.25) is 11.8 Å². The summed E-state index contributed by atoms with van der Waals surface area (Å²) >= 11 is 6.09. The number of nitrogens with zero attached hydrogens (tertiary/aromatic N) is 1. The van der Waals surface area contributed by atoms with Crippen LogP contribution in [0.2, 0.25) is 5.02 Å². The van der Waals surface area contributed by atoms with Crippen molar-refractivity contribution < 1.29 is 9.59 Å². The Bertz CT molecular complexity index is 804. The van der Waals surface area contributed by atoms with Crippen LogP contribution >= 0.6 is 11.6 Å². The Hall–Kier alpha value is -2.33. The fourth-order valence-electron chi connectivity index (χ4n) is 2.90. The second-order valence-electron chi connectivity index (χ2n) is 6.15. The van der Waals surface area contributed by atoms with Gasteiger partial charge in [0.25, 0.3) is 0 Å². The molecule has 3 rings (SSSR count). The van der Waals surface area contributed by atoms with Gasteiger partial charge in [0.15, 0.2) is 0 Å². The topological polar surface area (TPSA) is 49.4 Å². The highest BCUT2D eigenvalue weighted by Crippen LogP contribution is 2.28. The van der Waals surface area contributed by atoms with E-state index in [1.165, 1.54) is 0 Å². The minimum atomic E-state index is -0.364. The number of anilines is 2. The third kappa shape index (κ3) is 3.29. The van der Waals surface area contributed by atoms with Crippen LogP contribution in [0.5, 0.6) is 0 Å². The first kappa shape index (κ1) is 16.5. The number of amides is 2. The van der Waals surface area contributed by atoms with Gasteiger partial charge in [-0.1, -0.05) is 35.9 Å². The maximum Gasteiger partial charge on any atom is 0.229 e. The monoisotopic (exact) mass is 342 g/mol. The summed E-state index contributed by atoms with van der Waals surface area (Å²) in [6, 6.07) is 13.1. The molecule has 0 spiro atoms. The first-order valence-electron chi connectivity index (χ1n) is 7.88. The average Bonchev–Trinajstić information content (AvgIpc) is 2.93. The molecule has 1 unspecified atom stereocenters. The lowest BCUT2D eigenvalue weighted by atomic mass is 10.1. The first-order chi connectivity index (χ1) is 11.5. The van der Waals surface area contributed by atoms with Crippen LogP contribution in [0.3, 0.4) is 0 Å². The van der Waals surface area contributed by atoms with Crippen molar-refractivity contribution in [3.05, 3.63) is 58.6 Å². The van der Waals surface area contributed by atoms with Crippen molar-refractivity contribution in [1.82, 2.24) is 0 Å². The molecule has 0 saturated carbocycles. The Morgan fingerprint density at radius 1 is 1.17 bits per heavy atom. The van der Waals surface area contributed by atoms with Crippen molar-refractivity contribution in [3.63, 3.8) is 0 Å². The van der Waals surface area contributed by atoms with Crippen molar-refractivity contribution >= 4 is 34.8 Å². The lowest BCUT2D eigenvalue weighted by molar-refractivity contribution is -0.122. The number of benzene rings is 2. The van der Waals surface area contributed by atoms with Gasteiger partial charge in [0.05, 0.1) is 5.92 Å². The molecule has 1 saturated heterocycles. The van der Waals surface area contributed by atoms with Crippen LogP contribution in [0.25, 0.3) is 0 Å². The zero-order valence-corrected chi connectivity index (χ0v) is 14.4. The van der Waals surface area contributed by atoms with Crippen LogP contribution in [-0.4, -0.2) is 18.4 Å². The van der Waals surface area contributed by atoms with Gasteiger partial charge in [-0.15, -0.1) is 0 Å². The van der Waals surface area contributed by atoms with Gasteiger partial charge in [0, 0.05) is 29.4 Å². The highest BCUT2D eigenvalue weighted by atomic mass is 35.5. The average molecular weight is 343 g/mol. The van der Waals surface area contributed by atoms with Crippen molar-refractivity contribution in [2.24, 2.45) is 5.92 Å². The van der Waals surface area contributed by atoms with E-state index in [4.69, 9.17) is 11.6 Å². The fraction of sp³-hybridized carbons (Fsp3) is 0.263. The zero-order valence-electron chi connectivity index (χ0n) is 13.7. The second-order valence-corrected chi connectivity index (χ2v) is 6.55. The molecule has 1 N–H and O–H groups in total. The van der Waals surface area contributed by atoms with Crippen molar-refractivity contribution in [3.8, 4) is 0 Å². The minimum absolute atomic E-state index is 0.0219. The molecule has 5 heteroatoms. The number of halogens is 1. The summed E-state index contributed by atoms with van der Waals surface area (Å²) in [5.74, 6) is -0.539. The van der Waals surface area contributed by atoms with Crippen LogP contribution < -0.4 is 10.2 Å². The summed E-state index contributed by atoms with van der Waals surface area (Å²) in [5.41, 5.74) is 3.50. The molecule has 2 aromatic rings. The summed E-state index contributed by atoms with van der Waals surface area (Å²) in [7, 11) is 0. The van der Waals surface area contributed by atoms with E-state index in [-0.39, 0.29) is 24.2 Å². The predicted molar refractivity (Wildman–Crippen MR) is 96.5 cm³/mol. The third-order valence-electron chi connectivity index (χ3n) is 4.34. The van der Waals surface area contributed by atoms with Crippen molar-refractivity contribution in [2.45, 2.75) is 20.3 Å². The van der Waals surface area contributed by atoms with Gasteiger partial charge in [-0.3, -0.25) is 9.59 Å². The van der Waals surface area contributed by atoms with Crippen LogP contribution in [-0.2, 0) is 9.59 Å². The molecule has 2 amide bonds. The first-order valence-corrected chi connectivity index (χ1v) is 8.26. The number of para-hydroxylation sites is 1. The minimum Gasteiger partial charge on any atom is -0.326 e. The fourth-order valence-corrected chi connectivity index (χ4v) is 3.08. The van der Waals surface area contributed by atoms with E-state index in [2.05, 4.69) is 5.32 Å². The molecular weight excluding hydrogens is 324 g/mol. The molecule has 1 fully saturated rings. The lowest BCUT2D eigenvalue weighted by Crippen LogP contribution is -2.28. The maximum atomic E-state index is 12.5. The highest BCUT2D eigenvalue weighted by Gasteiger charge is 2.35. The molecule has 124 valence electrons. The number of nitrogens with one attached hydrogen (secondary N) is 1. The van der Waals surface area contributed by atoms with Crippen LogP contribution in [0.4, 0.5) is 11.4 Å². The number of aryl methyl sites for hydroxylation is 2. The third-order valence-corrected chi connectivity index (χ3v) is 4.75. The number of hydrogen-bond acceptors (Lipinski definition) is 2. The largest absolute Gasteiger partial charge is 0.326 e. The summed E-state index contributed by atoms with van der Waals surface area (Å²) < 4.78 is 0. The maximum absolute atomic E-state index is 12.5. The summed E-state index contributed by atoms with van der Waals surface area (Å²) in [4.78, 5) is 26.5. The van der Waals surface area contributed by atoms with Gasteiger partial charge in [-0.05, 0) is 43.2 Å². The van der Waals surface area contributed by atoms with Gasteiger partial charge in [-0.25, -0.2) is 0 Å². The molecule has 1 atom stereocenters. The van der Waals surface area contributed by atoms with Gasteiger partial charge in [-0.2, -0.15) is 0 Å². The molecule has 0 aliphatic carbocycles. The highest BCUT2D eigenvalue weighted by molar-refractivity contribution is 6.31. The molecule has 0 bridgehead atoms. The Balaban J connectivity index is 1.72. The van der Waals surface area contributed by atoms with E-state index in [1.54, 1.807) is 11.0 Å². The molecule has 0 aromatic heterocycles. The number of rotatable bonds is 3. The van der Waals surface area contributed by atoms with Crippen LogP contribution in [0, 0.1) is 19.8 Å².